The lowest BCUT2D eigenvalue weighted by Crippen LogP contribution is -2.26. The smallest absolute Gasteiger partial charge is 0.354 e. The van der Waals surface area contributed by atoms with Gasteiger partial charge in [0.25, 0.3) is 0 Å². The summed E-state index contributed by atoms with van der Waals surface area (Å²) in [4.78, 5) is 24.6. The molecule has 1 aliphatic heterocycles. The van der Waals surface area contributed by atoms with Crippen molar-refractivity contribution < 1.29 is 19.8 Å². The highest BCUT2D eigenvalue weighted by Gasteiger charge is 2.23. The first-order chi connectivity index (χ1) is 6.00. The van der Waals surface area contributed by atoms with E-state index >= 15 is 0 Å². The number of hydrogen-bond acceptors (Lipinski definition) is 3. The van der Waals surface area contributed by atoms with Crippen LogP contribution in [0.3, 0.4) is 0 Å². The van der Waals surface area contributed by atoms with E-state index in [9.17, 15) is 9.59 Å². The summed E-state index contributed by atoms with van der Waals surface area (Å²) < 4.78 is 0. The van der Waals surface area contributed by atoms with E-state index in [4.69, 9.17) is 10.2 Å². The third-order valence-electron chi connectivity index (χ3n) is 1.70. The van der Waals surface area contributed by atoms with Gasteiger partial charge in [0.05, 0.1) is 0 Å². The molecule has 0 aromatic carbocycles. The van der Waals surface area contributed by atoms with Gasteiger partial charge in [-0.3, -0.25) is 4.99 Å². The van der Waals surface area contributed by atoms with Gasteiger partial charge >= 0.3 is 11.9 Å². The normalized spacial score (nSPS) is 21.8. The predicted molar refractivity (Wildman–Crippen MR) is 44.9 cm³/mol. The van der Waals surface area contributed by atoms with E-state index < -0.39 is 18.0 Å². The molecule has 0 fully saturated rings. The van der Waals surface area contributed by atoms with Crippen LogP contribution in [0.25, 0.3) is 0 Å². The molecule has 0 saturated carbocycles. The lowest BCUT2D eigenvalue weighted by atomic mass is 10.0. The van der Waals surface area contributed by atoms with Crippen molar-refractivity contribution >= 4 is 17.7 Å². The van der Waals surface area contributed by atoms with Gasteiger partial charge in [-0.1, -0.05) is 5.57 Å². The number of dihydropyridines is 1. The molecule has 5 heteroatoms. The van der Waals surface area contributed by atoms with Gasteiger partial charge in [0.2, 0.25) is 0 Å². The molecule has 1 aliphatic rings. The van der Waals surface area contributed by atoms with Crippen molar-refractivity contribution in [2.75, 3.05) is 0 Å². The van der Waals surface area contributed by atoms with Crippen molar-refractivity contribution in [2.24, 2.45) is 4.99 Å². The number of aliphatic carboxylic acids is 2. The fourth-order valence-electron chi connectivity index (χ4n) is 1.11. The van der Waals surface area contributed by atoms with Gasteiger partial charge < -0.3 is 10.2 Å². The largest absolute Gasteiger partial charge is 0.480 e. The zero-order chi connectivity index (χ0) is 10.0. The van der Waals surface area contributed by atoms with Gasteiger partial charge in [0.1, 0.15) is 5.71 Å². The van der Waals surface area contributed by atoms with Crippen molar-refractivity contribution in [3.8, 4) is 0 Å². The fourth-order valence-corrected chi connectivity index (χ4v) is 1.11. The number of nitrogens with zero attached hydrogens (tertiary/aromatic N) is 1. The number of carbonyl (C=O) groups is 2. The number of carboxylic acids is 2. The lowest BCUT2D eigenvalue weighted by molar-refractivity contribution is -0.138. The SMILES string of the molecule is CC1=CC(C(=O)O)=N[C@H](C(=O)O)C1. The van der Waals surface area contributed by atoms with Crippen LogP contribution in [0.4, 0.5) is 0 Å². The molecule has 0 aromatic rings. The van der Waals surface area contributed by atoms with Crippen LogP contribution < -0.4 is 0 Å². The summed E-state index contributed by atoms with van der Waals surface area (Å²) in [5, 5.41) is 17.2. The van der Waals surface area contributed by atoms with Crippen LogP contribution in [0.15, 0.2) is 16.6 Å². The fraction of sp³-hybridized carbons (Fsp3) is 0.375. The first kappa shape index (κ1) is 9.44. The molecule has 1 atom stereocenters. The van der Waals surface area contributed by atoms with E-state index in [0.29, 0.717) is 0 Å². The second kappa shape index (κ2) is 3.38. The Hall–Kier alpha value is -1.65. The molecular formula is C8H9NO4. The van der Waals surface area contributed by atoms with E-state index in [2.05, 4.69) is 4.99 Å². The second-order valence-electron chi connectivity index (χ2n) is 2.87. The van der Waals surface area contributed by atoms with Crippen molar-refractivity contribution in [1.82, 2.24) is 0 Å². The Morgan fingerprint density at radius 2 is 2.15 bits per heavy atom. The average molecular weight is 183 g/mol. The van der Waals surface area contributed by atoms with Gasteiger partial charge in [-0.25, -0.2) is 9.59 Å². The Bertz CT molecular complexity index is 316. The zero-order valence-corrected chi connectivity index (χ0v) is 7.02. The number of hydrogen-bond donors (Lipinski definition) is 2. The highest BCUT2D eigenvalue weighted by Crippen LogP contribution is 2.14. The highest BCUT2D eigenvalue weighted by atomic mass is 16.4. The van der Waals surface area contributed by atoms with Crippen LogP contribution in [0.2, 0.25) is 0 Å². The van der Waals surface area contributed by atoms with E-state index in [1.165, 1.54) is 6.08 Å². The van der Waals surface area contributed by atoms with E-state index in [1.54, 1.807) is 6.92 Å². The van der Waals surface area contributed by atoms with Gasteiger partial charge in [-0.2, -0.15) is 0 Å². The van der Waals surface area contributed by atoms with Crippen LogP contribution in [0.5, 0.6) is 0 Å². The third-order valence-corrected chi connectivity index (χ3v) is 1.70. The molecule has 0 saturated heterocycles. The Labute approximate surface area is 74.4 Å². The minimum absolute atomic E-state index is 0.184. The number of rotatable bonds is 2. The summed E-state index contributed by atoms with van der Waals surface area (Å²) in [7, 11) is 0. The number of carboxylic acid groups (broad SMARTS) is 2. The van der Waals surface area contributed by atoms with Crippen LogP contribution in [-0.4, -0.2) is 33.9 Å². The standard InChI is InChI=1S/C8H9NO4/c1-4-2-5(7(10)11)9-6(3-4)8(12)13/h2,6H,3H2,1H3,(H,10,11)(H,12,13)/t6-/m0/s1. The molecule has 2 N–H and O–H groups in total. The maximum Gasteiger partial charge on any atom is 0.354 e. The molecule has 1 rings (SSSR count). The second-order valence-corrected chi connectivity index (χ2v) is 2.87. The third kappa shape index (κ3) is 2.14. The first-order valence-corrected chi connectivity index (χ1v) is 3.72. The molecule has 0 aromatic heterocycles. The van der Waals surface area contributed by atoms with Crippen LogP contribution in [0, 0.1) is 0 Å². The first-order valence-electron chi connectivity index (χ1n) is 3.72. The molecule has 5 nitrogen and oxygen atoms in total. The quantitative estimate of drug-likeness (QED) is 0.645. The van der Waals surface area contributed by atoms with Crippen LogP contribution in [0.1, 0.15) is 13.3 Å². The van der Waals surface area contributed by atoms with E-state index in [0.717, 1.165) is 5.57 Å². The molecule has 70 valence electrons. The predicted octanol–water partition coefficient (Wildman–Crippen LogP) is 0.315. The minimum Gasteiger partial charge on any atom is -0.480 e. The van der Waals surface area contributed by atoms with Gasteiger partial charge in [-0.15, -0.1) is 0 Å². The maximum absolute atomic E-state index is 10.5. The monoisotopic (exact) mass is 183 g/mol. The molecule has 0 bridgehead atoms. The zero-order valence-electron chi connectivity index (χ0n) is 7.02. The Morgan fingerprint density at radius 3 is 2.62 bits per heavy atom. The topological polar surface area (TPSA) is 87.0 Å². The molecule has 0 radical (unpaired) electrons. The summed E-state index contributed by atoms with van der Waals surface area (Å²) >= 11 is 0. The molecule has 0 aliphatic carbocycles. The van der Waals surface area contributed by atoms with Crippen LogP contribution in [-0.2, 0) is 9.59 Å². The Morgan fingerprint density at radius 1 is 1.54 bits per heavy atom. The van der Waals surface area contributed by atoms with Gasteiger partial charge in [0.15, 0.2) is 6.04 Å². The summed E-state index contributed by atoms with van der Waals surface area (Å²) in [6.07, 6.45) is 1.67. The van der Waals surface area contributed by atoms with Gasteiger partial charge in [0, 0.05) is 6.42 Å². The van der Waals surface area contributed by atoms with Crippen molar-refractivity contribution in [2.45, 2.75) is 19.4 Å². The molecular weight excluding hydrogens is 174 g/mol. The molecule has 1 heterocycles. The lowest BCUT2D eigenvalue weighted by Gasteiger charge is -2.13. The van der Waals surface area contributed by atoms with Crippen molar-refractivity contribution in [3.63, 3.8) is 0 Å². The van der Waals surface area contributed by atoms with Crippen molar-refractivity contribution in [3.05, 3.63) is 11.6 Å². The van der Waals surface area contributed by atoms with Crippen LogP contribution >= 0.6 is 0 Å². The summed E-state index contributed by atoms with van der Waals surface area (Å²) in [6, 6.07) is -0.948. The molecule has 0 amide bonds. The molecule has 0 spiro atoms. The Kier molecular flexibility index (Phi) is 2.46. The number of aliphatic imine (C=N–C) groups is 1. The maximum atomic E-state index is 10.5. The average Bonchev–Trinajstić information content (AvgIpc) is 2.03. The molecule has 13 heavy (non-hydrogen) atoms. The molecule has 0 unspecified atom stereocenters. The summed E-state index contributed by atoms with van der Waals surface area (Å²) in [5.74, 6) is -2.28. The summed E-state index contributed by atoms with van der Waals surface area (Å²) in [6.45, 7) is 1.69. The highest BCUT2D eigenvalue weighted by molar-refractivity contribution is 6.41. The summed E-state index contributed by atoms with van der Waals surface area (Å²) in [5.41, 5.74) is 0.538. The minimum atomic E-state index is -1.19. The van der Waals surface area contributed by atoms with E-state index in [-0.39, 0.29) is 12.1 Å². The van der Waals surface area contributed by atoms with Gasteiger partial charge in [-0.05, 0) is 13.0 Å². The Balaban J connectivity index is 2.94. The van der Waals surface area contributed by atoms with Crippen molar-refractivity contribution in [1.29, 1.82) is 0 Å². The van der Waals surface area contributed by atoms with E-state index in [1.807, 2.05) is 0 Å².